The minimum atomic E-state index is -1.60. The third-order valence-electron chi connectivity index (χ3n) is 4.93. The van der Waals surface area contributed by atoms with Crippen LogP contribution in [0.5, 0.6) is 0 Å². The molecule has 3 unspecified atom stereocenters. The zero-order valence-electron chi connectivity index (χ0n) is 18.4. The molecule has 1 heterocycles. The Balaban J connectivity index is 1.96. The summed E-state index contributed by atoms with van der Waals surface area (Å²) >= 11 is 0. The first-order chi connectivity index (χ1) is 16.5. The van der Waals surface area contributed by atoms with E-state index in [1.807, 2.05) is 29.6 Å². The van der Waals surface area contributed by atoms with Crippen molar-refractivity contribution in [3.05, 3.63) is 36.0 Å². The van der Waals surface area contributed by atoms with Gasteiger partial charge in [-0.3, -0.25) is 24.0 Å². The molecule has 0 spiro atoms. The Hall–Kier alpha value is -4.46. The van der Waals surface area contributed by atoms with Crippen molar-refractivity contribution in [3.63, 3.8) is 0 Å². The topological polar surface area (TPSA) is 247 Å². The molecular formula is C21H26N6O8. The van der Waals surface area contributed by atoms with Gasteiger partial charge >= 0.3 is 11.9 Å². The van der Waals surface area contributed by atoms with Crippen molar-refractivity contribution in [1.82, 2.24) is 20.9 Å². The lowest BCUT2D eigenvalue weighted by Gasteiger charge is -2.20. The lowest BCUT2D eigenvalue weighted by molar-refractivity contribution is -0.143. The Morgan fingerprint density at radius 2 is 1.63 bits per heavy atom. The van der Waals surface area contributed by atoms with Gasteiger partial charge in [0.05, 0.1) is 25.4 Å². The van der Waals surface area contributed by atoms with Crippen LogP contribution >= 0.6 is 0 Å². The quantitative estimate of drug-likeness (QED) is 0.148. The molecule has 0 saturated carbocycles. The first kappa shape index (κ1) is 26.8. The Morgan fingerprint density at radius 1 is 0.943 bits per heavy atom. The maximum absolute atomic E-state index is 12.6. The third-order valence-corrected chi connectivity index (χ3v) is 4.93. The van der Waals surface area contributed by atoms with E-state index in [1.54, 1.807) is 6.20 Å². The van der Waals surface area contributed by atoms with E-state index >= 15 is 0 Å². The van der Waals surface area contributed by atoms with Gasteiger partial charge in [-0.25, -0.2) is 4.79 Å². The van der Waals surface area contributed by atoms with E-state index in [0.717, 1.165) is 16.5 Å². The van der Waals surface area contributed by atoms with Crippen LogP contribution in [0.4, 0.5) is 0 Å². The number of carboxylic acids is 2. The predicted molar refractivity (Wildman–Crippen MR) is 121 cm³/mol. The van der Waals surface area contributed by atoms with Gasteiger partial charge in [-0.05, 0) is 18.1 Å². The molecule has 14 nitrogen and oxygen atoms in total. The minimum absolute atomic E-state index is 0.107. The molecule has 3 atom stereocenters. The number of rotatable bonds is 13. The molecule has 35 heavy (non-hydrogen) atoms. The number of hydrogen-bond acceptors (Lipinski definition) is 7. The van der Waals surface area contributed by atoms with Crippen molar-refractivity contribution in [2.75, 3.05) is 6.54 Å². The molecule has 0 fully saturated rings. The number of aromatic amines is 1. The number of hydrogen-bond donors (Lipinski definition) is 8. The molecule has 10 N–H and O–H groups in total. The summed E-state index contributed by atoms with van der Waals surface area (Å²) in [4.78, 5) is 73.1. The van der Waals surface area contributed by atoms with Crippen LogP contribution in [0.25, 0.3) is 10.9 Å². The van der Waals surface area contributed by atoms with Crippen molar-refractivity contribution < 1.29 is 39.0 Å². The highest BCUT2D eigenvalue weighted by Crippen LogP contribution is 2.18. The number of carbonyl (C=O) groups is 6. The van der Waals surface area contributed by atoms with Gasteiger partial charge in [-0.1, -0.05) is 18.2 Å². The molecule has 4 amide bonds. The molecule has 14 heteroatoms. The van der Waals surface area contributed by atoms with Crippen molar-refractivity contribution in [2.45, 2.75) is 37.4 Å². The van der Waals surface area contributed by atoms with Gasteiger partial charge in [0, 0.05) is 17.1 Å². The fourth-order valence-corrected chi connectivity index (χ4v) is 3.23. The SMILES string of the molecule is NC(=O)CC(NC(=O)CNC(=O)C(CC(=O)O)NC(=O)C(N)Cc1c[nH]c2ccccc12)C(=O)O. The number of aromatic nitrogens is 1. The highest BCUT2D eigenvalue weighted by atomic mass is 16.4. The molecule has 2 aromatic rings. The molecular weight excluding hydrogens is 464 g/mol. The number of carbonyl (C=O) groups excluding carboxylic acids is 4. The molecule has 0 aliphatic heterocycles. The zero-order chi connectivity index (χ0) is 26.1. The molecule has 2 rings (SSSR count). The van der Waals surface area contributed by atoms with Crippen molar-refractivity contribution in [3.8, 4) is 0 Å². The third kappa shape index (κ3) is 8.12. The number of amides is 4. The number of H-pyrrole nitrogens is 1. The van der Waals surface area contributed by atoms with E-state index in [0.29, 0.717) is 0 Å². The second-order valence-electron chi connectivity index (χ2n) is 7.68. The van der Waals surface area contributed by atoms with Crippen LogP contribution in [0.2, 0.25) is 0 Å². The molecule has 0 aliphatic carbocycles. The first-order valence-electron chi connectivity index (χ1n) is 10.4. The lowest BCUT2D eigenvalue weighted by Crippen LogP contribution is -2.54. The van der Waals surface area contributed by atoms with E-state index in [4.69, 9.17) is 21.7 Å². The summed E-state index contributed by atoms with van der Waals surface area (Å²) in [7, 11) is 0. The summed E-state index contributed by atoms with van der Waals surface area (Å²) in [6.45, 7) is -0.741. The second-order valence-corrected chi connectivity index (χ2v) is 7.68. The molecule has 0 aliphatic rings. The minimum Gasteiger partial charge on any atom is -0.481 e. The molecule has 188 valence electrons. The van der Waals surface area contributed by atoms with E-state index in [9.17, 15) is 28.8 Å². The van der Waals surface area contributed by atoms with Gasteiger partial charge in [0.2, 0.25) is 23.6 Å². The van der Waals surface area contributed by atoms with Gasteiger partial charge < -0.3 is 42.6 Å². The van der Waals surface area contributed by atoms with Crippen molar-refractivity contribution >= 4 is 46.5 Å². The predicted octanol–water partition coefficient (Wildman–Crippen LogP) is -2.44. The van der Waals surface area contributed by atoms with Crippen LogP contribution in [-0.2, 0) is 35.2 Å². The Morgan fingerprint density at radius 3 is 2.26 bits per heavy atom. The van der Waals surface area contributed by atoms with Crippen LogP contribution in [0, 0.1) is 0 Å². The van der Waals surface area contributed by atoms with E-state index < -0.39 is 73.1 Å². The molecule has 0 radical (unpaired) electrons. The number of para-hydroxylation sites is 1. The maximum atomic E-state index is 12.6. The van der Waals surface area contributed by atoms with Crippen LogP contribution in [0.1, 0.15) is 18.4 Å². The lowest BCUT2D eigenvalue weighted by atomic mass is 10.0. The van der Waals surface area contributed by atoms with Gasteiger partial charge in [0.15, 0.2) is 0 Å². The number of primary amides is 1. The summed E-state index contributed by atoms with van der Waals surface area (Å²) in [5.74, 6) is -6.62. The summed E-state index contributed by atoms with van der Waals surface area (Å²) in [6, 6.07) is 3.09. The fourth-order valence-electron chi connectivity index (χ4n) is 3.23. The monoisotopic (exact) mass is 490 g/mol. The van der Waals surface area contributed by atoms with Gasteiger partial charge in [-0.15, -0.1) is 0 Å². The molecule has 1 aromatic heterocycles. The smallest absolute Gasteiger partial charge is 0.326 e. The summed E-state index contributed by atoms with van der Waals surface area (Å²) in [5, 5.41) is 25.3. The normalized spacial score (nSPS) is 13.3. The Bertz CT molecular complexity index is 1130. The maximum Gasteiger partial charge on any atom is 0.326 e. The fraction of sp³-hybridized carbons (Fsp3) is 0.333. The van der Waals surface area contributed by atoms with Crippen molar-refractivity contribution in [1.29, 1.82) is 0 Å². The van der Waals surface area contributed by atoms with Crippen LogP contribution in [-0.4, -0.2) is 75.4 Å². The zero-order valence-corrected chi connectivity index (χ0v) is 18.4. The highest BCUT2D eigenvalue weighted by molar-refractivity contribution is 5.95. The highest BCUT2D eigenvalue weighted by Gasteiger charge is 2.28. The van der Waals surface area contributed by atoms with Crippen LogP contribution < -0.4 is 27.4 Å². The summed E-state index contributed by atoms with van der Waals surface area (Å²) < 4.78 is 0. The average Bonchev–Trinajstić information content (AvgIpc) is 3.18. The number of carboxylic acid groups (broad SMARTS) is 2. The van der Waals surface area contributed by atoms with Crippen molar-refractivity contribution in [2.24, 2.45) is 11.5 Å². The van der Waals surface area contributed by atoms with E-state index in [1.165, 1.54) is 0 Å². The van der Waals surface area contributed by atoms with Gasteiger partial charge in [0.1, 0.15) is 12.1 Å². The number of nitrogens with one attached hydrogen (secondary N) is 4. The van der Waals surface area contributed by atoms with E-state index in [-0.39, 0.29) is 6.42 Å². The first-order valence-corrected chi connectivity index (χ1v) is 10.4. The number of nitrogens with two attached hydrogens (primary N) is 2. The Labute approximate surface area is 198 Å². The Kier molecular flexibility index (Phi) is 9.28. The average molecular weight is 490 g/mol. The van der Waals surface area contributed by atoms with E-state index in [2.05, 4.69) is 15.6 Å². The molecule has 0 saturated heterocycles. The summed E-state index contributed by atoms with van der Waals surface area (Å²) in [5.41, 5.74) is 12.5. The second kappa shape index (κ2) is 12.1. The largest absolute Gasteiger partial charge is 0.481 e. The standard InChI is InChI=1S/C21H26N6O8/c22-12(5-10-8-24-13-4-2-1-3-11(10)13)19(32)27-14(7-18(30)31)20(33)25-9-17(29)26-15(21(34)35)6-16(23)28/h1-4,8,12,14-15,24H,5-7,9,22H2,(H2,23,28)(H,25,33)(H,26,29)(H,27,32)(H,30,31)(H,34,35). The van der Waals surface area contributed by atoms with Crippen LogP contribution in [0.15, 0.2) is 30.5 Å². The summed E-state index contributed by atoms with van der Waals surface area (Å²) in [6.07, 6.45) is 0.343. The number of aliphatic carboxylic acids is 2. The van der Waals surface area contributed by atoms with Gasteiger partial charge in [0.25, 0.3) is 0 Å². The molecule has 0 bridgehead atoms. The van der Waals surface area contributed by atoms with Gasteiger partial charge in [-0.2, -0.15) is 0 Å². The van der Waals surface area contributed by atoms with Crippen LogP contribution in [0.3, 0.4) is 0 Å². The number of benzene rings is 1. The number of fused-ring (bicyclic) bond motifs is 1. The molecule has 1 aromatic carbocycles.